The molecule has 152 valence electrons. The maximum absolute atomic E-state index is 12.3. The Morgan fingerprint density at radius 1 is 1.17 bits per heavy atom. The molecule has 1 aromatic heterocycles. The highest BCUT2D eigenvalue weighted by molar-refractivity contribution is 7.16. The Hall–Kier alpha value is -2.93. The fraction of sp³-hybridized carbons (Fsp3) is 0.318. The number of amides is 2. The first-order valence-electron chi connectivity index (χ1n) is 9.56. The quantitative estimate of drug-likeness (QED) is 0.530. The van der Waals surface area contributed by atoms with Gasteiger partial charge in [-0.25, -0.2) is 4.79 Å². The fourth-order valence-electron chi connectivity index (χ4n) is 2.73. The van der Waals surface area contributed by atoms with Crippen LogP contribution >= 0.6 is 11.3 Å². The van der Waals surface area contributed by atoms with E-state index in [0.29, 0.717) is 22.2 Å². The van der Waals surface area contributed by atoms with Gasteiger partial charge in [-0.1, -0.05) is 12.1 Å². The van der Waals surface area contributed by atoms with E-state index in [2.05, 4.69) is 10.6 Å². The summed E-state index contributed by atoms with van der Waals surface area (Å²) in [5.74, 6) is -0.850. The molecule has 3 rings (SSSR count). The van der Waals surface area contributed by atoms with Crippen molar-refractivity contribution in [3.63, 3.8) is 0 Å². The summed E-state index contributed by atoms with van der Waals surface area (Å²) in [6.45, 7) is 5.75. The lowest BCUT2D eigenvalue weighted by Crippen LogP contribution is -2.25. The van der Waals surface area contributed by atoms with Crippen LogP contribution in [0.5, 0.6) is 0 Å². The largest absolute Gasteiger partial charge is 0.462 e. The Balaban J connectivity index is 1.64. The van der Waals surface area contributed by atoms with Gasteiger partial charge >= 0.3 is 5.97 Å². The zero-order chi connectivity index (χ0) is 21.0. The van der Waals surface area contributed by atoms with Crippen molar-refractivity contribution in [1.29, 1.82) is 0 Å². The summed E-state index contributed by atoms with van der Waals surface area (Å²) >= 11 is 1.35. The number of benzene rings is 1. The lowest BCUT2D eigenvalue weighted by molar-refractivity contribution is -0.111. The van der Waals surface area contributed by atoms with Gasteiger partial charge < -0.3 is 15.4 Å². The van der Waals surface area contributed by atoms with Crippen LogP contribution in [0.2, 0.25) is 0 Å². The molecule has 1 aromatic carbocycles. The van der Waals surface area contributed by atoms with Crippen molar-refractivity contribution in [2.24, 2.45) is 0 Å². The summed E-state index contributed by atoms with van der Waals surface area (Å²) in [5, 5.41) is 6.19. The molecule has 0 bridgehead atoms. The molecule has 0 radical (unpaired) electrons. The molecule has 1 saturated carbocycles. The van der Waals surface area contributed by atoms with E-state index in [4.69, 9.17) is 4.74 Å². The molecule has 7 heteroatoms. The normalized spacial score (nSPS) is 13.3. The third-order valence-corrected chi connectivity index (χ3v) is 5.74. The molecule has 0 atom stereocenters. The molecule has 0 aliphatic heterocycles. The van der Waals surface area contributed by atoms with Gasteiger partial charge in [0, 0.05) is 22.6 Å². The van der Waals surface area contributed by atoms with Gasteiger partial charge in [0.1, 0.15) is 5.00 Å². The Kier molecular flexibility index (Phi) is 6.49. The highest BCUT2D eigenvalue weighted by Crippen LogP contribution is 2.33. The number of esters is 1. The first-order chi connectivity index (χ1) is 13.9. The second kappa shape index (κ2) is 9.05. The molecule has 0 saturated heterocycles. The predicted octanol–water partition coefficient (Wildman–Crippen LogP) is 4.09. The second-order valence-electron chi connectivity index (χ2n) is 6.90. The monoisotopic (exact) mass is 412 g/mol. The van der Waals surface area contributed by atoms with Crippen LogP contribution in [0.25, 0.3) is 6.08 Å². The number of nitrogens with one attached hydrogen (secondary N) is 2. The average molecular weight is 413 g/mol. The first kappa shape index (κ1) is 20.8. The number of aryl methyl sites for hydroxylation is 1. The first-order valence-corrected chi connectivity index (χ1v) is 10.4. The number of anilines is 1. The van der Waals surface area contributed by atoms with E-state index in [9.17, 15) is 14.4 Å². The molecular formula is C22H24N2O4S. The number of hydrogen-bond acceptors (Lipinski definition) is 5. The number of ether oxygens (including phenoxy) is 1. The molecule has 0 unspecified atom stereocenters. The Labute approximate surface area is 174 Å². The molecule has 1 aliphatic carbocycles. The topological polar surface area (TPSA) is 84.5 Å². The van der Waals surface area contributed by atoms with Crippen LogP contribution in [-0.4, -0.2) is 30.4 Å². The van der Waals surface area contributed by atoms with E-state index >= 15 is 0 Å². The van der Waals surface area contributed by atoms with Crippen LogP contribution in [-0.2, 0) is 9.53 Å². The van der Waals surface area contributed by atoms with Crippen molar-refractivity contribution >= 4 is 40.2 Å². The summed E-state index contributed by atoms with van der Waals surface area (Å²) in [5.41, 5.74) is 2.62. The van der Waals surface area contributed by atoms with Gasteiger partial charge in [0.15, 0.2) is 0 Å². The zero-order valence-corrected chi connectivity index (χ0v) is 17.5. The van der Waals surface area contributed by atoms with Gasteiger partial charge in [-0.2, -0.15) is 0 Å². The second-order valence-corrected chi connectivity index (χ2v) is 8.12. The van der Waals surface area contributed by atoms with Crippen molar-refractivity contribution in [2.45, 2.75) is 39.7 Å². The lowest BCUT2D eigenvalue weighted by atomic mass is 10.1. The number of hydrogen-bond donors (Lipinski definition) is 2. The van der Waals surface area contributed by atoms with Crippen molar-refractivity contribution in [1.82, 2.24) is 5.32 Å². The molecule has 1 fully saturated rings. The molecule has 2 aromatic rings. The minimum atomic E-state index is -0.436. The van der Waals surface area contributed by atoms with Crippen LogP contribution in [0.1, 0.15) is 56.5 Å². The van der Waals surface area contributed by atoms with Gasteiger partial charge in [0.05, 0.1) is 12.2 Å². The van der Waals surface area contributed by atoms with E-state index < -0.39 is 5.97 Å². The maximum atomic E-state index is 12.3. The summed E-state index contributed by atoms with van der Waals surface area (Å²) in [6, 6.07) is 7.36. The van der Waals surface area contributed by atoms with Gasteiger partial charge in [0.25, 0.3) is 5.91 Å². The van der Waals surface area contributed by atoms with Crippen molar-refractivity contribution < 1.29 is 19.1 Å². The smallest absolute Gasteiger partial charge is 0.341 e. The van der Waals surface area contributed by atoms with Crippen LogP contribution in [0, 0.1) is 13.8 Å². The summed E-state index contributed by atoms with van der Waals surface area (Å²) in [4.78, 5) is 37.5. The molecule has 2 N–H and O–H groups in total. The lowest BCUT2D eigenvalue weighted by Gasteiger charge is -2.05. The van der Waals surface area contributed by atoms with Gasteiger partial charge in [0.2, 0.25) is 5.91 Å². The van der Waals surface area contributed by atoms with E-state index in [1.54, 1.807) is 37.3 Å². The summed E-state index contributed by atoms with van der Waals surface area (Å²) in [6.07, 6.45) is 5.15. The SMILES string of the molecule is CCOC(=O)c1c(NC(=O)C=Cc2ccc(C(=O)NC3CC3)cc2)sc(C)c1C. The number of rotatable bonds is 7. The van der Waals surface area contributed by atoms with Crippen LogP contribution in [0.15, 0.2) is 30.3 Å². The highest BCUT2D eigenvalue weighted by Gasteiger charge is 2.23. The fourth-order valence-corrected chi connectivity index (χ4v) is 3.78. The molecule has 2 amide bonds. The predicted molar refractivity (Wildman–Crippen MR) is 114 cm³/mol. The van der Waals surface area contributed by atoms with Crippen LogP contribution < -0.4 is 10.6 Å². The van der Waals surface area contributed by atoms with Gasteiger partial charge in [-0.15, -0.1) is 11.3 Å². The third-order valence-electron chi connectivity index (χ3n) is 4.61. The molecule has 1 heterocycles. The molecule has 29 heavy (non-hydrogen) atoms. The molecule has 6 nitrogen and oxygen atoms in total. The van der Waals surface area contributed by atoms with Crippen molar-refractivity contribution in [3.05, 3.63) is 57.5 Å². The zero-order valence-electron chi connectivity index (χ0n) is 16.7. The Morgan fingerprint density at radius 2 is 1.86 bits per heavy atom. The Morgan fingerprint density at radius 3 is 2.48 bits per heavy atom. The molecule has 0 spiro atoms. The number of carbonyl (C=O) groups excluding carboxylic acids is 3. The number of carbonyl (C=O) groups is 3. The molecular weight excluding hydrogens is 388 g/mol. The summed E-state index contributed by atoms with van der Waals surface area (Å²) in [7, 11) is 0. The summed E-state index contributed by atoms with van der Waals surface area (Å²) < 4.78 is 5.10. The molecule has 1 aliphatic rings. The third kappa shape index (κ3) is 5.32. The number of thiophene rings is 1. The average Bonchev–Trinajstić information content (AvgIpc) is 3.46. The Bertz CT molecular complexity index is 956. The van der Waals surface area contributed by atoms with Crippen molar-refractivity contribution in [3.8, 4) is 0 Å². The van der Waals surface area contributed by atoms with Gasteiger partial charge in [-0.3, -0.25) is 9.59 Å². The van der Waals surface area contributed by atoms with E-state index in [-0.39, 0.29) is 18.4 Å². The van der Waals surface area contributed by atoms with Crippen LogP contribution in [0.3, 0.4) is 0 Å². The standard InChI is InChI=1S/C22H24N2O4S/c1-4-28-22(27)19-13(2)14(3)29-21(19)24-18(25)12-7-15-5-8-16(9-6-15)20(26)23-17-10-11-17/h5-9,12,17H,4,10-11H2,1-3H3,(H,23,26)(H,24,25). The minimum Gasteiger partial charge on any atom is -0.462 e. The van der Waals surface area contributed by atoms with Crippen LogP contribution in [0.4, 0.5) is 5.00 Å². The van der Waals surface area contributed by atoms with E-state index in [1.807, 2.05) is 13.8 Å². The van der Waals surface area contributed by atoms with E-state index in [0.717, 1.165) is 28.8 Å². The van der Waals surface area contributed by atoms with E-state index in [1.165, 1.54) is 17.4 Å². The van der Waals surface area contributed by atoms with Crippen molar-refractivity contribution in [2.75, 3.05) is 11.9 Å². The maximum Gasteiger partial charge on any atom is 0.341 e. The highest BCUT2D eigenvalue weighted by atomic mass is 32.1. The minimum absolute atomic E-state index is 0.0734. The van der Waals surface area contributed by atoms with Gasteiger partial charge in [-0.05, 0) is 62.9 Å².